The Labute approximate surface area is 155 Å². The number of para-hydroxylation sites is 1. The number of unbranched alkanes of at least 4 members (excludes halogenated alkanes) is 2. The standard InChI is InChI=1S/C20H28N2O4/c1-5-7-8-11-15-26-18-14-10-9-13-16(18)19(23)21-17(12-6-2)20(24)22(3)25-4/h5-6,9-10,13-14,17H,1-2,7-8,11-12,15H2,3-4H3,(H,21,23)/t17-/m0/s1. The SMILES string of the molecule is C=CCCCCOc1ccccc1C(=O)N[C@@H](CC=C)C(=O)N(C)OC. The van der Waals surface area contributed by atoms with Gasteiger partial charge in [-0.3, -0.25) is 14.4 Å². The number of nitrogens with zero attached hydrogens (tertiary/aromatic N) is 1. The predicted molar refractivity (Wildman–Crippen MR) is 102 cm³/mol. The molecule has 0 heterocycles. The van der Waals surface area contributed by atoms with Crippen molar-refractivity contribution < 1.29 is 19.2 Å². The van der Waals surface area contributed by atoms with Crippen molar-refractivity contribution in [3.8, 4) is 5.75 Å². The van der Waals surface area contributed by atoms with Crippen molar-refractivity contribution in [1.82, 2.24) is 10.4 Å². The van der Waals surface area contributed by atoms with Gasteiger partial charge in [-0.2, -0.15) is 0 Å². The molecule has 1 rings (SSSR count). The highest BCUT2D eigenvalue weighted by Crippen LogP contribution is 2.19. The van der Waals surface area contributed by atoms with Gasteiger partial charge in [-0.1, -0.05) is 24.3 Å². The van der Waals surface area contributed by atoms with Crippen LogP contribution in [0.3, 0.4) is 0 Å². The Balaban J connectivity index is 2.79. The first kappa shape index (κ1) is 21.4. The molecule has 1 N–H and O–H groups in total. The Bertz CT molecular complexity index is 616. The average Bonchev–Trinajstić information content (AvgIpc) is 2.66. The number of likely N-dealkylation sites (N-methyl/N-ethyl adjacent to an activating group) is 1. The van der Waals surface area contributed by atoms with Gasteiger partial charge in [0.25, 0.3) is 11.8 Å². The van der Waals surface area contributed by atoms with Gasteiger partial charge in [-0.05, 0) is 37.8 Å². The Kier molecular flexibility index (Phi) is 9.79. The van der Waals surface area contributed by atoms with Crippen LogP contribution < -0.4 is 10.1 Å². The molecule has 142 valence electrons. The highest BCUT2D eigenvalue weighted by molar-refractivity contribution is 5.99. The molecule has 26 heavy (non-hydrogen) atoms. The topological polar surface area (TPSA) is 67.9 Å². The summed E-state index contributed by atoms with van der Waals surface area (Å²) in [5.41, 5.74) is 0.387. The van der Waals surface area contributed by atoms with Gasteiger partial charge in [0.2, 0.25) is 0 Å². The van der Waals surface area contributed by atoms with Crippen molar-refractivity contribution in [1.29, 1.82) is 0 Å². The molecule has 6 heteroatoms. The third kappa shape index (κ3) is 6.72. The summed E-state index contributed by atoms with van der Waals surface area (Å²) in [5.74, 6) is -0.242. The van der Waals surface area contributed by atoms with E-state index in [4.69, 9.17) is 9.57 Å². The number of allylic oxidation sites excluding steroid dienone is 1. The second-order valence-electron chi connectivity index (χ2n) is 5.70. The maximum Gasteiger partial charge on any atom is 0.268 e. The van der Waals surface area contributed by atoms with Crippen molar-refractivity contribution in [3.63, 3.8) is 0 Å². The smallest absolute Gasteiger partial charge is 0.268 e. The van der Waals surface area contributed by atoms with Crippen LogP contribution in [0.5, 0.6) is 5.75 Å². The number of nitrogens with one attached hydrogen (secondary N) is 1. The van der Waals surface area contributed by atoms with E-state index in [1.54, 1.807) is 30.3 Å². The molecule has 0 unspecified atom stereocenters. The van der Waals surface area contributed by atoms with Crippen LogP contribution in [0, 0.1) is 0 Å². The molecular weight excluding hydrogens is 332 g/mol. The van der Waals surface area contributed by atoms with Crippen LogP contribution in [-0.4, -0.2) is 43.7 Å². The third-order valence-electron chi connectivity index (χ3n) is 3.78. The van der Waals surface area contributed by atoms with E-state index in [-0.39, 0.29) is 11.8 Å². The minimum atomic E-state index is -0.759. The number of rotatable bonds is 12. The van der Waals surface area contributed by atoms with E-state index in [9.17, 15) is 9.59 Å². The van der Waals surface area contributed by atoms with Crippen LogP contribution in [0.2, 0.25) is 0 Å². The summed E-state index contributed by atoms with van der Waals surface area (Å²) in [4.78, 5) is 29.8. The van der Waals surface area contributed by atoms with Crippen molar-refractivity contribution in [2.75, 3.05) is 20.8 Å². The Morgan fingerprint density at radius 2 is 1.96 bits per heavy atom. The quantitative estimate of drug-likeness (QED) is 0.353. The second kappa shape index (κ2) is 11.9. The molecule has 0 saturated heterocycles. The first-order chi connectivity index (χ1) is 12.5. The van der Waals surface area contributed by atoms with E-state index in [0.29, 0.717) is 24.3 Å². The van der Waals surface area contributed by atoms with Gasteiger partial charge >= 0.3 is 0 Å². The van der Waals surface area contributed by atoms with Crippen LogP contribution in [0.4, 0.5) is 0 Å². The van der Waals surface area contributed by atoms with E-state index in [1.807, 2.05) is 6.08 Å². The van der Waals surface area contributed by atoms with Crippen molar-refractivity contribution >= 4 is 11.8 Å². The van der Waals surface area contributed by atoms with Crippen LogP contribution in [0.25, 0.3) is 0 Å². The molecule has 0 bridgehead atoms. The molecule has 1 aromatic rings. The van der Waals surface area contributed by atoms with E-state index in [0.717, 1.165) is 24.3 Å². The summed E-state index contributed by atoms with van der Waals surface area (Å²) >= 11 is 0. The summed E-state index contributed by atoms with van der Waals surface area (Å²) in [6.07, 6.45) is 6.53. The van der Waals surface area contributed by atoms with Gasteiger partial charge in [0.05, 0.1) is 19.3 Å². The van der Waals surface area contributed by atoms with Gasteiger partial charge < -0.3 is 10.1 Å². The average molecular weight is 360 g/mol. The fraction of sp³-hybridized carbons (Fsp3) is 0.400. The summed E-state index contributed by atoms with van der Waals surface area (Å²) in [6.45, 7) is 7.84. The van der Waals surface area contributed by atoms with Crippen LogP contribution in [-0.2, 0) is 9.63 Å². The number of benzene rings is 1. The van der Waals surface area contributed by atoms with Crippen molar-refractivity contribution in [2.45, 2.75) is 31.7 Å². The number of carbonyl (C=O) groups excluding carboxylic acids is 2. The van der Waals surface area contributed by atoms with Crippen molar-refractivity contribution in [3.05, 3.63) is 55.1 Å². The minimum absolute atomic E-state index is 0.294. The lowest BCUT2D eigenvalue weighted by Gasteiger charge is -2.22. The van der Waals surface area contributed by atoms with Crippen LogP contribution in [0.1, 0.15) is 36.0 Å². The molecule has 0 aliphatic carbocycles. The number of carbonyl (C=O) groups is 2. The molecule has 0 aliphatic heterocycles. The zero-order valence-electron chi connectivity index (χ0n) is 15.6. The molecule has 0 radical (unpaired) electrons. The monoisotopic (exact) mass is 360 g/mol. The maximum atomic E-state index is 12.7. The van der Waals surface area contributed by atoms with E-state index < -0.39 is 6.04 Å². The predicted octanol–water partition coefficient (Wildman–Crippen LogP) is 3.12. The summed E-state index contributed by atoms with van der Waals surface area (Å²) in [7, 11) is 2.88. The highest BCUT2D eigenvalue weighted by Gasteiger charge is 2.24. The molecule has 0 fully saturated rings. The second-order valence-corrected chi connectivity index (χ2v) is 5.70. The largest absolute Gasteiger partial charge is 0.493 e. The fourth-order valence-corrected chi connectivity index (χ4v) is 2.29. The lowest BCUT2D eigenvalue weighted by Crippen LogP contribution is -2.46. The molecule has 0 aromatic heterocycles. The number of hydroxylamine groups is 2. The van der Waals surface area contributed by atoms with E-state index in [2.05, 4.69) is 18.5 Å². The Hall–Kier alpha value is -2.60. The number of hydrogen-bond donors (Lipinski definition) is 1. The fourth-order valence-electron chi connectivity index (χ4n) is 2.29. The number of ether oxygens (including phenoxy) is 1. The van der Waals surface area contributed by atoms with Gasteiger partial charge in [0.1, 0.15) is 11.8 Å². The van der Waals surface area contributed by atoms with E-state index in [1.165, 1.54) is 14.2 Å². The zero-order valence-corrected chi connectivity index (χ0v) is 15.6. The molecule has 2 amide bonds. The third-order valence-corrected chi connectivity index (χ3v) is 3.78. The molecule has 0 saturated carbocycles. The van der Waals surface area contributed by atoms with E-state index >= 15 is 0 Å². The number of amides is 2. The first-order valence-electron chi connectivity index (χ1n) is 8.61. The lowest BCUT2D eigenvalue weighted by molar-refractivity contribution is -0.170. The van der Waals surface area contributed by atoms with Gasteiger partial charge in [-0.25, -0.2) is 5.06 Å². The Morgan fingerprint density at radius 1 is 1.23 bits per heavy atom. The zero-order chi connectivity index (χ0) is 19.4. The molecular formula is C20H28N2O4. The van der Waals surface area contributed by atoms with Gasteiger partial charge in [0, 0.05) is 7.05 Å². The normalized spacial score (nSPS) is 11.3. The van der Waals surface area contributed by atoms with Crippen LogP contribution in [0.15, 0.2) is 49.6 Å². The van der Waals surface area contributed by atoms with Crippen molar-refractivity contribution in [2.24, 2.45) is 0 Å². The molecule has 1 aromatic carbocycles. The first-order valence-corrected chi connectivity index (χ1v) is 8.61. The van der Waals surface area contributed by atoms with Crippen LogP contribution >= 0.6 is 0 Å². The summed E-state index contributed by atoms with van der Waals surface area (Å²) in [5, 5.41) is 3.81. The maximum absolute atomic E-state index is 12.7. The minimum Gasteiger partial charge on any atom is -0.493 e. The molecule has 0 spiro atoms. The van der Waals surface area contributed by atoms with Gasteiger partial charge in [0.15, 0.2) is 0 Å². The molecule has 0 aliphatic rings. The molecule has 1 atom stereocenters. The van der Waals surface area contributed by atoms with Gasteiger partial charge in [-0.15, -0.1) is 13.2 Å². The summed E-state index contributed by atoms with van der Waals surface area (Å²) in [6, 6.07) is 6.22. The molecule has 6 nitrogen and oxygen atoms in total. The Morgan fingerprint density at radius 3 is 2.62 bits per heavy atom. The number of hydrogen-bond acceptors (Lipinski definition) is 4. The summed E-state index contributed by atoms with van der Waals surface area (Å²) < 4.78 is 5.74. The highest BCUT2D eigenvalue weighted by atomic mass is 16.7. The lowest BCUT2D eigenvalue weighted by atomic mass is 10.1.